The molecule has 118 valence electrons. The van der Waals surface area contributed by atoms with Crippen molar-refractivity contribution in [1.82, 2.24) is 15.1 Å². The monoisotopic (exact) mass is 295 g/mol. The maximum absolute atomic E-state index is 12.0. The molecule has 3 amide bonds. The molecule has 1 aliphatic heterocycles. The van der Waals surface area contributed by atoms with Gasteiger partial charge < -0.3 is 19.9 Å². The Hall–Kier alpha value is -1.46. The molecule has 21 heavy (non-hydrogen) atoms. The van der Waals surface area contributed by atoms with E-state index < -0.39 is 5.60 Å². The molecule has 2 saturated carbocycles. The third-order valence-electron chi connectivity index (χ3n) is 4.55. The number of likely N-dealkylation sites (tertiary alicyclic amines) is 1. The van der Waals surface area contributed by atoms with Crippen LogP contribution >= 0.6 is 0 Å². The third-order valence-corrected chi connectivity index (χ3v) is 4.55. The van der Waals surface area contributed by atoms with Crippen molar-refractivity contribution in [1.29, 1.82) is 0 Å². The van der Waals surface area contributed by atoms with Crippen LogP contribution in [0, 0.1) is 11.8 Å². The van der Waals surface area contributed by atoms with Gasteiger partial charge in [0.25, 0.3) is 0 Å². The molecule has 2 atom stereocenters. The summed E-state index contributed by atoms with van der Waals surface area (Å²) in [6, 6.07) is 0.694. The molecule has 1 heterocycles. The van der Waals surface area contributed by atoms with E-state index in [-0.39, 0.29) is 18.2 Å². The molecule has 0 radical (unpaired) electrons. The Labute approximate surface area is 125 Å². The van der Waals surface area contributed by atoms with Crippen molar-refractivity contribution < 1.29 is 14.3 Å². The lowest BCUT2D eigenvalue weighted by molar-refractivity contribution is 0.0270. The predicted octanol–water partition coefficient (Wildman–Crippen LogP) is 1.66. The molecule has 3 fully saturated rings. The minimum Gasteiger partial charge on any atom is -0.444 e. The highest BCUT2D eigenvalue weighted by atomic mass is 16.6. The van der Waals surface area contributed by atoms with Crippen molar-refractivity contribution in [2.24, 2.45) is 11.8 Å². The van der Waals surface area contributed by atoms with Crippen molar-refractivity contribution in [3.63, 3.8) is 0 Å². The summed E-state index contributed by atoms with van der Waals surface area (Å²) >= 11 is 0. The van der Waals surface area contributed by atoms with E-state index in [1.54, 1.807) is 9.80 Å². The van der Waals surface area contributed by atoms with Crippen LogP contribution in [0.3, 0.4) is 0 Å². The fraction of sp³-hybridized carbons (Fsp3) is 0.867. The van der Waals surface area contributed by atoms with Gasteiger partial charge in [0.05, 0.1) is 0 Å². The van der Waals surface area contributed by atoms with Gasteiger partial charge in [0.15, 0.2) is 0 Å². The number of urea groups is 1. The van der Waals surface area contributed by atoms with E-state index >= 15 is 0 Å². The molecule has 3 rings (SSSR count). The first-order chi connectivity index (χ1) is 9.76. The van der Waals surface area contributed by atoms with E-state index in [2.05, 4.69) is 5.32 Å². The van der Waals surface area contributed by atoms with Gasteiger partial charge in [0.2, 0.25) is 0 Å². The second-order valence-corrected chi connectivity index (χ2v) is 7.53. The number of hydrogen-bond acceptors (Lipinski definition) is 3. The topological polar surface area (TPSA) is 61.9 Å². The van der Waals surface area contributed by atoms with Gasteiger partial charge in [-0.3, -0.25) is 0 Å². The van der Waals surface area contributed by atoms with Gasteiger partial charge >= 0.3 is 12.1 Å². The van der Waals surface area contributed by atoms with Crippen LogP contribution in [0.4, 0.5) is 9.59 Å². The molecule has 0 aromatic rings. The average molecular weight is 295 g/mol. The first-order valence-corrected chi connectivity index (χ1v) is 7.77. The minimum atomic E-state index is -0.454. The van der Waals surface area contributed by atoms with Crippen LogP contribution in [0.15, 0.2) is 0 Å². The number of nitrogens with zero attached hydrogens (tertiary/aromatic N) is 2. The number of hydrogen-bond donors (Lipinski definition) is 1. The Morgan fingerprint density at radius 2 is 1.76 bits per heavy atom. The summed E-state index contributed by atoms with van der Waals surface area (Å²) in [5, 5.41) is 3.09. The molecule has 6 heteroatoms. The van der Waals surface area contributed by atoms with Crippen LogP contribution in [-0.4, -0.2) is 59.7 Å². The molecular formula is C15H25N3O3. The Bertz CT molecular complexity index is 444. The van der Waals surface area contributed by atoms with E-state index in [9.17, 15) is 9.59 Å². The Morgan fingerprint density at radius 1 is 1.19 bits per heavy atom. The van der Waals surface area contributed by atoms with E-state index in [4.69, 9.17) is 4.74 Å². The first-order valence-electron chi connectivity index (χ1n) is 7.77. The lowest BCUT2D eigenvalue weighted by Gasteiger charge is -2.26. The molecular weight excluding hydrogens is 270 g/mol. The van der Waals surface area contributed by atoms with Gasteiger partial charge in [-0.25, -0.2) is 9.59 Å². The second kappa shape index (κ2) is 4.78. The molecule has 3 aliphatic rings. The zero-order valence-electron chi connectivity index (χ0n) is 13.3. The highest BCUT2D eigenvalue weighted by Gasteiger charge is 2.58. The van der Waals surface area contributed by atoms with Crippen molar-refractivity contribution in [2.75, 3.05) is 20.1 Å². The number of fused-ring (bicyclic) bond motifs is 1. The third kappa shape index (κ3) is 3.09. The van der Waals surface area contributed by atoms with E-state index in [1.165, 1.54) is 0 Å². The normalized spacial score (nSPS) is 30.7. The second-order valence-electron chi connectivity index (χ2n) is 7.53. The number of rotatable bonds is 2. The SMILES string of the molecule is CN(C(=O)NC1[C@@H]2CN(C(=O)OC(C)(C)C)C[C@@H]12)C1CC1. The largest absolute Gasteiger partial charge is 0.444 e. The van der Waals surface area contributed by atoms with Crippen LogP contribution in [0.2, 0.25) is 0 Å². The molecule has 2 aliphatic carbocycles. The van der Waals surface area contributed by atoms with Gasteiger partial charge in [-0.15, -0.1) is 0 Å². The van der Waals surface area contributed by atoms with E-state index in [0.717, 1.165) is 12.8 Å². The Kier molecular flexibility index (Phi) is 3.30. The molecule has 0 aromatic carbocycles. The number of carbonyl (C=O) groups is 2. The summed E-state index contributed by atoms with van der Waals surface area (Å²) in [7, 11) is 1.86. The molecule has 0 spiro atoms. The smallest absolute Gasteiger partial charge is 0.410 e. The minimum absolute atomic E-state index is 0.0284. The average Bonchev–Trinajstić information content (AvgIpc) is 3.26. The number of piperidine rings is 1. The molecule has 0 unspecified atom stereocenters. The van der Waals surface area contributed by atoms with Crippen LogP contribution in [0.1, 0.15) is 33.6 Å². The van der Waals surface area contributed by atoms with Crippen molar-refractivity contribution in [3.05, 3.63) is 0 Å². The number of nitrogens with one attached hydrogen (secondary N) is 1. The summed E-state index contributed by atoms with van der Waals surface area (Å²) in [6.45, 7) is 7.00. The summed E-state index contributed by atoms with van der Waals surface area (Å²) in [5.41, 5.74) is -0.454. The van der Waals surface area contributed by atoms with Crippen molar-refractivity contribution in [3.8, 4) is 0 Å². The summed E-state index contributed by atoms with van der Waals surface area (Å²) in [6.07, 6.45) is 2.00. The van der Waals surface area contributed by atoms with Crippen LogP contribution in [-0.2, 0) is 4.74 Å². The molecule has 1 saturated heterocycles. The van der Waals surface area contributed by atoms with Crippen molar-refractivity contribution in [2.45, 2.75) is 51.3 Å². The number of amides is 3. The predicted molar refractivity (Wildman–Crippen MR) is 77.9 cm³/mol. The van der Waals surface area contributed by atoms with E-state index in [1.807, 2.05) is 27.8 Å². The highest BCUT2D eigenvalue weighted by Crippen LogP contribution is 2.46. The first kappa shape index (κ1) is 14.5. The van der Waals surface area contributed by atoms with Crippen LogP contribution < -0.4 is 5.32 Å². The van der Waals surface area contributed by atoms with Gasteiger partial charge in [-0.1, -0.05) is 0 Å². The molecule has 0 aromatic heterocycles. The van der Waals surface area contributed by atoms with Gasteiger partial charge in [0.1, 0.15) is 5.60 Å². The lowest BCUT2D eigenvalue weighted by atomic mass is 10.2. The highest BCUT2D eigenvalue weighted by molar-refractivity contribution is 5.76. The zero-order chi connectivity index (χ0) is 15.4. The van der Waals surface area contributed by atoms with Gasteiger partial charge in [-0.05, 0) is 33.6 Å². The van der Waals surface area contributed by atoms with E-state index in [0.29, 0.717) is 31.0 Å². The summed E-state index contributed by atoms with van der Waals surface area (Å²) in [5.74, 6) is 0.795. The number of ether oxygens (including phenoxy) is 1. The summed E-state index contributed by atoms with van der Waals surface area (Å²) < 4.78 is 5.38. The molecule has 0 bridgehead atoms. The fourth-order valence-electron chi connectivity index (χ4n) is 3.09. The standard InChI is InChI=1S/C15H25N3O3/c1-15(2,3)21-14(20)18-7-10-11(8-18)12(10)16-13(19)17(4)9-5-6-9/h9-12H,5-8H2,1-4H3,(H,16,19)/t10-,11-/m1/s1. The van der Waals surface area contributed by atoms with Crippen LogP contribution in [0.5, 0.6) is 0 Å². The fourth-order valence-corrected chi connectivity index (χ4v) is 3.09. The zero-order valence-corrected chi connectivity index (χ0v) is 13.3. The summed E-state index contributed by atoms with van der Waals surface area (Å²) in [4.78, 5) is 27.6. The lowest BCUT2D eigenvalue weighted by Crippen LogP contribution is -2.44. The van der Waals surface area contributed by atoms with Gasteiger partial charge in [-0.2, -0.15) is 0 Å². The molecule has 6 nitrogen and oxygen atoms in total. The van der Waals surface area contributed by atoms with Gasteiger partial charge in [0, 0.05) is 44.1 Å². The Morgan fingerprint density at radius 3 is 2.24 bits per heavy atom. The number of carbonyl (C=O) groups excluding carboxylic acids is 2. The maximum Gasteiger partial charge on any atom is 0.410 e. The Balaban J connectivity index is 1.43. The maximum atomic E-state index is 12.0. The van der Waals surface area contributed by atoms with Crippen LogP contribution in [0.25, 0.3) is 0 Å². The molecule has 1 N–H and O–H groups in total. The van der Waals surface area contributed by atoms with Crippen molar-refractivity contribution >= 4 is 12.1 Å². The quantitative estimate of drug-likeness (QED) is 0.842.